The number of carbonyl (C=O) groups excluding carboxylic acids is 1. The lowest BCUT2D eigenvalue weighted by molar-refractivity contribution is -0.113. The van der Waals surface area contributed by atoms with Crippen molar-refractivity contribution in [2.75, 3.05) is 11.1 Å². The summed E-state index contributed by atoms with van der Waals surface area (Å²) in [7, 11) is 0. The molecule has 1 N–H and O–H groups in total. The van der Waals surface area contributed by atoms with E-state index in [1.165, 1.54) is 17.8 Å². The first kappa shape index (κ1) is 23.3. The fourth-order valence-corrected chi connectivity index (χ4v) is 5.23. The number of anilines is 1. The van der Waals surface area contributed by atoms with Crippen molar-refractivity contribution in [2.24, 2.45) is 0 Å². The van der Waals surface area contributed by atoms with E-state index in [-0.39, 0.29) is 17.3 Å². The third-order valence-corrected chi connectivity index (χ3v) is 7.00. The summed E-state index contributed by atoms with van der Waals surface area (Å²) >= 11 is 1.31. The average Bonchev–Trinajstić information content (AvgIpc) is 3.39. The maximum Gasteiger partial charge on any atom is 0.234 e. The van der Waals surface area contributed by atoms with Gasteiger partial charge in [0.25, 0.3) is 0 Å². The van der Waals surface area contributed by atoms with Crippen molar-refractivity contribution in [3.8, 4) is 17.1 Å². The van der Waals surface area contributed by atoms with Gasteiger partial charge in [-0.2, -0.15) is 0 Å². The van der Waals surface area contributed by atoms with Crippen LogP contribution >= 0.6 is 11.8 Å². The van der Waals surface area contributed by atoms with Crippen LogP contribution < -0.4 is 5.32 Å². The van der Waals surface area contributed by atoms with Gasteiger partial charge in [0.2, 0.25) is 5.91 Å². The second kappa shape index (κ2) is 10.0. The van der Waals surface area contributed by atoms with Gasteiger partial charge in [0, 0.05) is 36.6 Å². The Bertz CT molecular complexity index is 1360. The summed E-state index contributed by atoms with van der Waals surface area (Å²) in [5.41, 5.74) is 4.18. The van der Waals surface area contributed by atoms with Crippen LogP contribution in [0.5, 0.6) is 0 Å². The van der Waals surface area contributed by atoms with Gasteiger partial charge >= 0.3 is 0 Å². The van der Waals surface area contributed by atoms with Gasteiger partial charge < -0.3 is 9.88 Å². The fourth-order valence-electron chi connectivity index (χ4n) is 4.46. The summed E-state index contributed by atoms with van der Waals surface area (Å²) < 4.78 is 18.6. The Morgan fingerprint density at radius 2 is 1.91 bits per heavy atom. The number of imidazole rings is 1. The summed E-state index contributed by atoms with van der Waals surface area (Å²) in [6, 6.07) is 10.9. The number of fused-ring (bicyclic) bond motifs is 1. The lowest BCUT2D eigenvalue weighted by atomic mass is 10.1. The molecule has 0 spiro atoms. The molecule has 0 saturated heterocycles. The molecule has 9 heteroatoms. The van der Waals surface area contributed by atoms with Crippen LogP contribution in [0.25, 0.3) is 17.1 Å². The van der Waals surface area contributed by atoms with E-state index in [1.54, 1.807) is 18.3 Å². The van der Waals surface area contributed by atoms with Crippen molar-refractivity contribution < 1.29 is 9.18 Å². The zero-order chi connectivity index (χ0) is 24.4. The number of thioether (sulfide) groups is 1. The molecule has 1 aliphatic rings. The standard InChI is InChI=1S/C26H27FN6OS/c1-17-12-18(2)14-20(13-17)32-11-9-28-26(32)35-16-24(34)29-22-15-19(7-8-21(22)27)25-31-30-23-6-4-3-5-10-33(23)25/h7-9,11-15H,3-6,10,16H2,1-2H3,(H,29,34). The number of rotatable bonds is 6. The lowest BCUT2D eigenvalue weighted by Crippen LogP contribution is -2.15. The zero-order valence-electron chi connectivity index (χ0n) is 19.8. The van der Waals surface area contributed by atoms with E-state index >= 15 is 0 Å². The largest absolute Gasteiger partial charge is 0.323 e. The van der Waals surface area contributed by atoms with Crippen LogP contribution in [0.1, 0.15) is 36.2 Å². The van der Waals surface area contributed by atoms with Crippen molar-refractivity contribution in [3.63, 3.8) is 0 Å². The molecule has 0 bridgehead atoms. The molecular formula is C26H27FN6OS. The summed E-state index contributed by atoms with van der Waals surface area (Å²) in [5.74, 6) is 0.983. The molecule has 1 amide bonds. The summed E-state index contributed by atoms with van der Waals surface area (Å²) in [5, 5.41) is 12.1. The van der Waals surface area contributed by atoms with E-state index in [1.807, 2.05) is 24.6 Å². The van der Waals surface area contributed by atoms with Gasteiger partial charge in [-0.05, 0) is 68.1 Å². The molecule has 35 heavy (non-hydrogen) atoms. The number of benzene rings is 2. The normalized spacial score (nSPS) is 13.3. The van der Waals surface area contributed by atoms with Crippen LogP contribution in [-0.2, 0) is 17.8 Å². The fraction of sp³-hybridized carbons (Fsp3) is 0.308. The van der Waals surface area contributed by atoms with Gasteiger partial charge in [0.15, 0.2) is 11.0 Å². The molecule has 1 aliphatic heterocycles. The Morgan fingerprint density at radius 3 is 2.74 bits per heavy atom. The quantitative estimate of drug-likeness (QED) is 0.369. The van der Waals surface area contributed by atoms with Crippen molar-refractivity contribution in [2.45, 2.75) is 51.2 Å². The second-order valence-electron chi connectivity index (χ2n) is 8.86. The molecule has 5 rings (SSSR count). The SMILES string of the molecule is Cc1cc(C)cc(-n2ccnc2SCC(=O)Nc2cc(-c3nnc4n3CCCCC4)ccc2F)c1. The molecule has 0 aliphatic carbocycles. The molecule has 0 radical (unpaired) electrons. The third kappa shape index (κ3) is 5.14. The van der Waals surface area contributed by atoms with Crippen LogP contribution in [0.3, 0.4) is 0 Å². The first-order valence-electron chi connectivity index (χ1n) is 11.7. The van der Waals surface area contributed by atoms with Crippen LogP contribution in [0.4, 0.5) is 10.1 Å². The number of aryl methyl sites for hydroxylation is 3. The van der Waals surface area contributed by atoms with Crippen molar-refractivity contribution >= 4 is 23.4 Å². The summed E-state index contributed by atoms with van der Waals surface area (Å²) in [6.07, 6.45) is 7.81. The number of nitrogens with one attached hydrogen (secondary N) is 1. The first-order chi connectivity index (χ1) is 17.0. The Hall–Kier alpha value is -3.46. The highest BCUT2D eigenvalue weighted by Gasteiger charge is 2.18. The predicted molar refractivity (Wildman–Crippen MR) is 135 cm³/mol. The van der Waals surface area contributed by atoms with E-state index in [0.29, 0.717) is 11.0 Å². The van der Waals surface area contributed by atoms with Gasteiger partial charge in [0.1, 0.15) is 11.6 Å². The van der Waals surface area contributed by atoms with Crippen LogP contribution in [0.2, 0.25) is 0 Å². The van der Waals surface area contributed by atoms with E-state index in [9.17, 15) is 9.18 Å². The topological polar surface area (TPSA) is 77.6 Å². The van der Waals surface area contributed by atoms with Gasteiger partial charge in [-0.1, -0.05) is 24.2 Å². The molecule has 0 fully saturated rings. The van der Waals surface area contributed by atoms with E-state index in [2.05, 4.69) is 43.3 Å². The molecule has 180 valence electrons. The Kier molecular flexibility index (Phi) is 6.68. The second-order valence-corrected chi connectivity index (χ2v) is 9.80. The molecule has 3 heterocycles. The highest BCUT2D eigenvalue weighted by Crippen LogP contribution is 2.27. The van der Waals surface area contributed by atoms with Crippen LogP contribution in [0, 0.1) is 19.7 Å². The number of amides is 1. The Morgan fingerprint density at radius 1 is 1.09 bits per heavy atom. The summed E-state index contributed by atoms with van der Waals surface area (Å²) in [6.45, 7) is 4.95. The molecule has 4 aromatic rings. The number of nitrogens with zero attached hydrogens (tertiary/aromatic N) is 5. The van der Waals surface area contributed by atoms with E-state index in [0.717, 1.165) is 60.4 Å². The smallest absolute Gasteiger partial charge is 0.234 e. The summed E-state index contributed by atoms with van der Waals surface area (Å²) in [4.78, 5) is 17.1. The van der Waals surface area contributed by atoms with Crippen LogP contribution in [0.15, 0.2) is 53.9 Å². The van der Waals surface area contributed by atoms with E-state index < -0.39 is 5.82 Å². The Balaban J connectivity index is 1.30. The molecule has 0 saturated carbocycles. The maximum absolute atomic E-state index is 14.6. The number of aromatic nitrogens is 5. The monoisotopic (exact) mass is 490 g/mol. The number of hydrogen-bond acceptors (Lipinski definition) is 5. The molecular weight excluding hydrogens is 463 g/mol. The minimum atomic E-state index is -0.487. The minimum Gasteiger partial charge on any atom is -0.323 e. The zero-order valence-corrected chi connectivity index (χ0v) is 20.6. The minimum absolute atomic E-state index is 0.103. The average molecular weight is 491 g/mol. The highest BCUT2D eigenvalue weighted by molar-refractivity contribution is 7.99. The van der Waals surface area contributed by atoms with Crippen molar-refractivity contribution in [3.05, 3.63) is 71.6 Å². The third-order valence-electron chi connectivity index (χ3n) is 6.03. The van der Waals surface area contributed by atoms with Crippen molar-refractivity contribution in [1.82, 2.24) is 24.3 Å². The van der Waals surface area contributed by atoms with Gasteiger partial charge in [0.05, 0.1) is 11.4 Å². The number of hydrogen-bond donors (Lipinski definition) is 1. The molecule has 2 aromatic carbocycles. The highest BCUT2D eigenvalue weighted by atomic mass is 32.2. The molecule has 7 nitrogen and oxygen atoms in total. The molecule has 2 aromatic heterocycles. The Labute approximate surface area is 207 Å². The molecule has 0 atom stereocenters. The number of carbonyl (C=O) groups is 1. The van der Waals surface area contributed by atoms with Gasteiger partial charge in [-0.3, -0.25) is 9.36 Å². The lowest BCUT2D eigenvalue weighted by Gasteiger charge is -2.11. The first-order valence-corrected chi connectivity index (χ1v) is 12.7. The van der Waals surface area contributed by atoms with Crippen molar-refractivity contribution in [1.29, 1.82) is 0 Å². The van der Waals surface area contributed by atoms with Gasteiger partial charge in [-0.25, -0.2) is 9.37 Å². The molecule has 0 unspecified atom stereocenters. The van der Waals surface area contributed by atoms with Crippen LogP contribution in [-0.4, -0.2) is 36.0 Å². The van der Waals surface area contributed by atoms with Gasteiger partial charge in [-0.15, -0.1) is 10.2 Å². The number of halogens is 1. The predicted octanol–water partition coefficient (Wildman–Crippen LogP) is 5.34. The maximum atomic E-state index is 14.6. The van der Waals surface area contributed by atoms with E-state index in [4.69, 9.17) is 0 Å².